The van der Waals surface area contributed by atoms with E-state index < -0.39 is 6.10 Å². The molecule has 0 heterocycles. The third-order valence-corrected chi connectivity index (χ3v) is 4.67. The van der Waals surface area contributed by atoms with Crippen molar-refractivity contribution in [1.82, 2.24) is 5.32 Å². The first-order chi connectivity index (χ1) is 13.5. The second kappa shape index (κ2) is 8.65. The van der Waals surface area contributed by atoms with E-state index in [2.05, 4.69) is 5.32 Å². The molecule has 0 spiro atoms. The maximum absolute atomic E-state index is 12.6. The molecule has 5 nitrogen and oxygen atoms in total. The van der Waals surface area contributed by atoms with Crippen molar-refractivity contribution < 1.29 is 19.0 Å². The van der Waals surface area contributed by atoms with E-state index in [1.165, 1.54) is 0 Å². The lowest BCUT2D eigenvalue weighted by molar-refractivity contribution is -0.127. The zero-order valence-corrected chi connectivity index (χ0v) is 16.6. The monoisotopic (exact) mass is 379 g/mol. The smallest absolute Gasteiger partial charge is 0.261 e. The summed E-state index contributed by atoms with van der Waals surface area (Å²) < 4.78 is 16.4. The van der Waals surface area contributed by atoms with E-state index in [1.54, 1.807) is 21.1 Å². The van der Waals surface area contributed by atoms with Crippen LogP contribution in [0.25, 0.3) is 10.8 Å². The van der Waals surface area contributed by atoms with Gasteiger partial charge in [-0.15, -0.1) is 0 Å². The number of carbonyl (C=O) groups is 1. The quantitative estimate of drug-likeness (QED) is 0.657. The average Bonchev–Trinajstić information content (AvgIpc) is 2.72. The normalized spacial score (nSPS) is 12.9. The van der Waals surface area contributed by atoms with Crippen molar-refractivity contribution in [3.8, 4) is 17.2 Å². The fraction of sp³-hybridized carbons (Fsp3) is 0.261. The molecule has 0 aliphatic carbocycles. The highest BCUT2D eigenvalue weighted by Crippen LogP contribution is 2.30. The number of hydrogen-bond donors (Lipinski definition) is 1. The van der Waals surface area contributed by atoms with Gasteiger partial charge in [0.25, 0.3) is 5.91 Å². The number of nitrogens with one attached hydrogen (secondary N) is 1. The minimum atomic E-state index is -0.622. The topological polar surface area (TPSA) is 56.8 Å². The van der Waals surface area contributed by atoms with E-state index in [1.807, 2.05) is 67.6 Å². The molecular formula is C23H25NO4. The number of ether oxygens (including phenoxy) is 3. The molecule has 3 aromatic carbocycles. The molecule has 0 saturated heterocycles. The fourth-order valence-corrected chi connectivity index (χ4v) is 3.03. The molecule has 0 aromatic heterocycles. The van der Waals surface area contributed by atoms with Crippen LogP contribution in [0.3, 0.4) is 0 Å². The van der Waals surface area contributed by atoms with Gasteiger partial charge in [0.05, 0.1) is 20.3 Å². The van der Waals surface area contributed by atoms with Gasteiger partial charge < -0.3 is 19.5 Å². The van der Waals surface area contributed by atoms with Crippen molar-refractivity contribution in [3.63, 3.8) is 0 Å². The first-order valence-electron chi connectivity index (χ1n) is 9.19. The Morgan fingerprint density at radius 2 is 1.57 bits per heavy atom. The zero-order chi connectivity index (χ0) is 20.1. The number of fused-ring (bicyclic) bond motifs is 1. The van der Waals surface area contributed by atoms with E-state index in [4.69, 9.17) is 14.2 Å². The van der Waals surface area contributed by atoms with Gasteiger partial charge in [-0.2, -0.15) is 0 Å². The third kappa shape index (κ3) is 4.36. The first-order valence-corrected chi connectivity index (χ1v) is 9.19. The average molecular weight is 379 g/mol. The Morgan fingerprint density at radius 1 is 0.857 bits per heavy atom. The molecule has 0 bridgehead atoms. The molecule has 0 aliphatic heterocycles. The highest BCUT2D eigenvalue weighted by atomic mass is 16.5. The van der Waals surface area contributed by atoms with E-state index in [0.717, 1.165) is 16.3 Å². The molecule has 3 rings (SSSR count). The van der Waals surface area contributed by atoms with E-state index in [-0.39, 0.29) is 11.9 Å². The van der Waals surface area contributed by atoms with Gasteiger partial charge in [0.15, 0.2) is 17.6 Å². The molecule has 0 unspecified atom stereocenters. The van der Waals surface area contributed by atoms with Crippen molar-refractivity contribution in [1.29, 1.82) is 0 Å². The van der Waals surface area contributed by atoms with Gasteiger partial charge in [0.2, 0.25) is 0 Å². The maximum atomic E-state index is 12.6. The zero-order valence-electron chi connectivity index (χ0n) is 16.6. The van der Waals surface area contributed by atoms with E-state index in [0.29, 0.717) is 17.2 Å². The molecule has 1 amide bonds. The number of hydrogen-bond acceptors (Lipinski definition) is 4. The summed E-state index contributed by atoms with van der Waals surface area (Å²) in [6.07, 6.45) is -0.622. The van der Waals surface area contributed by atoms with Crippen LogP contribution < -0.4 is 19.5 Å². The number of rotatable bonds is 7. The van der Waals surface area contributed by atoms with Crippen molar-refractivity contribution in [2.75, 3.05) is 14.2 Å². The van der Waals surface area contributed by atoms with Crippen LogP contribution in [-0.4, -0.2) is 26.2 Å². The second-order valence-electron chi connectivity index (χ2n) is 6.61. The SMILES string of the molecule is COc1ccc([C@H](C)NC(=O)[C@H](C)Oc2ccc3ccccc3c2)cc1OC. The Morgan fingerprint density at radius 3 is 2.29 bits per heavy atom. The van der Waals surface area contributed by atoms with Crippen molar-refractivity contribution in [2.24, 2.45) is 0 Å². The second-order valence-corrected chi connectivity index (χ2v) is 6.61. The Bertz CT molecular complexity index is 970. The Kier molecular flexibility index (Phi) is 6.04. The van der Waals surface area contributed by atoms with Gasteiger partial charge in [-0.25, -0.2) is 0 Å². The highest BCUT2D eigenvalue weighted by molar-refractivity contribution is 5.84. The van der Waals surface area contributed by atoms with Gasteiger partial charge in [0, 0.05) is 0 Å². The van der Waals surface area contributed by atoms with Crippen LogP contribution in [0.2, 0.25) is 0 Å². The predicted molar refractivity (Wildman–Crippen MR) is 110 cm³/mol. The van der Waals surface area contributed by atoms with Crippen LogP contribution >= 0.6 is 0 Å². The van der Waals surface area contributed by atoms with Crippen molar-refractivity contribution in [3.05, 3.63) is 66.2 Å². The van der Waals surface area contributed by atoms with Crippen molar-refractivity contribution in [2.45, 2.75) is 26.0 Å². The molecular weight excluding hydrogens is 354 g/mol. The van der Waals surface area contributed by atoms with Gasteiger partial charge >= 0.3 is 0 Å². The highest BCUT2D eigenvalue weighted by Gasteiger charge is 2.19. The Balaban J connectivity index is 1.65. The molecule has 0 fully saturated rings. The summed E-state index contributed by atoms with van der Waals surface area (Å²) >= 11 is 0. The molecule has 5 heteroatoms. The predicted octanol–water partition coefficient (Wildman–Crippen LogP) is 4.50. The summed E-state index contributed by atoms with van der Waals surface area (Å²) in [4.78, 5) is 12.6. The summed E-state index contributed by atoms with van der Waals surface area (Å²) in [5.74, 6) is 1.76. The Hall–Kier alpha value is -3.21. The van der Waals surface area contributed by atoms with Crippen LogP contribution in [0.1, 0.15) is 25.5 Å². The summed E-state index contributed by atoms with van der Waals surface area (Å²) in [5.41, 5.74) is 0.920. The number of amides is 1. The summed E-state index contributed by atoms with van der Waals surface area (Å²) in [7, 11) is 3.18. The van der Waals surface area contributed by atoms with Gasteiger partial charge in [-0.05, 0) is 54.4 Å². The van der Waals surface area contributed by atoms with Gasteiger partial charge in [-0.3, -0.25) is 4.79 Å². The lowest BCUT2D eigenvalue weighted by Gasteiger charge is -2.20. The summed E-state index contributed by atoms with van der Waals surface area (Å²) in [5, 5.41) is 5.19. The van der Waals surface area contributed by atoms with Crippen LogP contribution in [0.5, 0.6) is 17.2 Å². The molecule has 28 heavy (non-hydrogen) atoms. The number of benzene rings is 3. The molecule has 3 aromatic rings. The van der Waals surface area contributed by atoms with Crippen LogP contribution in [-0.2, 0) is 4.79 Å². The van der Waals surface area contributed by atoms with Gasteiger partial charge in [0.1, 0.15) is 5.75 Å². The number of methoxy groups -OCH3 is 2. The summed E-state index contributed by atoms with van der Waals surface area (Å²) in [6, 6.07) is 19.2. The molecule has 146 valence electrons. The third-order valence-electron chi connectivity index (χ3n) is 4.67. The fourth-order valence-electron chi connectivity index (χ4n) is 3.03. The summed E-state index contributed by atoms with van der Waals surface area (Å²) in [6.45, 7) is 3.66. The van der Waals surface area contributed by atoms with Crippen molar-refractivity contribution >= 4 is 16.7 Å². The minimum absolute atomic E-state index is 0.185. The van der Waals surface area contributed by atoms with Gasteiger partial charge in [-0.1, -0.05) is 36.4 Å². The Labute approximate surface area is 165 Å². The largest absolute Gasteiger partial charge is 0.493 e. The van der Waals surface area contributed by atoms with Crippen LogP contribution in [0.15, 0.2) is 60.7 Å². The molecule has 0 saturated carbocycles. The van der Waals surface area contributed by atoms with E-state index >= 15 is 0 Å². The first kappa shape index (κ1) is 19.5. The number of carbonyl (C=O) groups excluding carboxylic acids is 1. The molecule has 0 aliphatic rings. The lowest BCUT2D eigenvalue weighted by atomic mass is 10.1. The van der Waals surface area contributed by atoms with Crippen LogP contribution in [0, 0.1) is 0 Å². The lowest BCUT2D eigenvalue weighted by Crippen LogP contribution is -2.37. The molecule has 1 N–H and O–H groups in total. The van der Waals surface area contributed by atoms with Crippen LogP contribution in [0.4, 0.5) is 0 Å². The van der Waals surface area contributed by atoms with E-state index in [9.17, 15) is 4.79 Å². The molecule has 2 atom stereocenters. The standard InChI is InChI=1S/C23H25NO4/c1-15(18-10-12-21(26-3)22(14-18)27-4)24-23(25)16(2)28-20-11-9-17-7-5-6-8-19(17)13-20/h5-16H,1-4H3,(H,24,25)/t15-,16-/m0/s1. The minimum Gasteiger partial charge on any atom is -0.493 e. The molecule has 0 radical (unpaired) electrons. The maximum Gasteiger partial charge on any atom is 0.261 e.